The van der Waals surface area contributed by atoms with Gasteiger partial charge in [0.1, 0.15) is 5.60 Å². The molecule has 7 heteroatoms. The fourth-order valence-electron chi connectivity index (χ4n) is 3.35. The van der Waals surface area contributed by atoms with E-state index >= 15 is 0 Å². The summed E-state index contributed by atoms with van der Waals surface area (Å²) < 4.78 is 11.3. The number of ether oxygens (including phenoxy) is 1. The molecule has 0 radical (unpaired) electrons. The summed E-state index contributed by atoms with van der Waals surface area (Å²) >= 11 is 0. The monoisotopic (exact) mass is 292 g/mol. The number of nitrogens with zero attached hydrogens (tertiary/aromatic N) is 4. The van der Waals surface area contributed by atoms with Crippen molar-refractivity contribution in [3.8, 4) is 0 Å². The first-order valence-electron chi connectivity index (χ1n) is 7.62. The molecule has 1 aliphatic carbocycles. The standard InChI is InChI=1S/C14H20N4O3/c1-17-8-14(21-13(17)19)5-2-6-18(9-14)7-11-15-16-12(20-11)10-3-4-10/h10H,2-9H2,1H3. The van der Waals surface area contributed by atoms with E-state index in [9.17, 15) is 4.79 Å². The average molecular weight is 292 g/mol. The van der Waals surface area contributed by atoms with Crippen molar-refractivity contribution in [1.82, 2.24) is 20.0 Å². The molecule has 1 aromatic heterocycles. The number of rotatable bonds is 3. The number of hydrogen-bond donors (Lipinski definition) is 0. The largest absolute Gasteiger partial charge is 0.440 e. The van der Waals surface area contributed by atoms with Crippen LogP contribution in [-0.2, 0) is 11.3 Å². The van der Waals surface area contributed by atoms with Crippen molar-refractivity contribution in [2.75, 3.05) is 26.7 Å². The first kappa shape index (κ1) is 13.1. The first-order chi connectivity index (χ1) is 10.1. The van der Waals surface area contributed by atoms with Gasteiger partial charge in [0.25, 0.3) is 0 Å². The molecule has 114 valence electrons. The lowest BCUT2D eigenvalue weighted by atomic mass is 9.93. The maximum atomic E-state index is 11.6. The zero-order valence-corrected chi connectivity index (χ0v) is 12.2. The second-order valence-corrected chi connectivity index (χ2v) is 6.53. The molecule has 1 atom stereocenters. The van der Waals surface area contributed by atoms with Crippen molar-refractivity contribution in [3.63, 3.8) is 0 Å². The highest BCUT2D eigenvalue weighted by molar-refractivity contribution is 5.70. The molecule has 1 aromatic rings. The summed E-state index contributed by atoms with van der Waals surface area (Å²) in [6.45, 7) is 3.02. The Hall–Kier alpha value is -1.63. The fourth-order valence-corrected chi connectivity index (χ4v) is 3.35. The van der Waals surface area contributed by atoms with Gasteiger partial charge in [0.05, 0.1) is 13.1 Å². The molecule has 0 aromatic carbocycles. The van der Waals surface area contributed by atoms with E-state index in [0.717, 1.165) is 44.7 Å². The molecule has 3 aliphatic rings. The van der Waals surface area contributed by atoms with Crippen molar-refractivity contribution in [2.24, 2.45) is 0 Å². The van der Waals surface area contributed by atoms with Gasteiger partial charge in [-0.1, -0.05) is 0 Å². The van der Waals surface area contributed by atoms with E-state index < -0.39 is 0 Å². The van der Waals surface area contributed by atoms with Gasteiger partial charge in [-0.25, -0.2) is 4.79 Å². The molecule has 1 amide bonds. The van der Waals surface area contributed by atoms with Gasteiger partial charge in [0, 0.05) is 19.5 Å². The summed E-state index contributed by atoms with van der Waals surface area (Å²) in [6.07, 6.45) is 4.06. The Labute approximate surface area is 123 Å². The van der Waals surface area contributed by atoms with Crippen molar-refractivity contribution in [3.05, 3.63) is 11.8 Å². The average Bonchev–Trinajstić information content (AvgIpc) is 3.13. The maximum Gasteiger partial charge on any atom is 0.410 e. The molecular weight excluding hydrogens is 272 g/mol. The van der Waals surface area contributed by atoms with E-state index in [0.29, 0.717) is 24.9 Å². The van der Waals surface area contributed by atoms with E-state index in [1.807, 2.05) is 0 Å². The van der Waals surface area contributed by atoms with Crippen LogP contribution in [0.4, 0.5) is 4.79 Å². The Morgan fingerprint density at radius 2 is 2.19 bits per heavy atom. The van der Waals surface area contributed by atoms with Crippen LogP contribution in [0.1, 0.15) is 43.4 Å². The minimum Gasteiger partial charge on any atom is -0.440 e. The van der Waals surface area contributed by atoms with Crippen LogP contribution in [0, 0.1) is 0 Å². The van der Waals surface area contributed by atoms with Gasteiger partial charge < -0.3 is 14.1 Å². The van der Waals surface area contributed by atoms with Crippen LogP contribution in [0.25, 0.3) is 0 Å². The molecule has 2 aliphatic heterocycles. The molecule has 7 nitrogen and oxygen atoms in total. The molecule has 4 rings (SSSR count). The molecule has 3 fully saturated rings. The molecule has 1 saturated carbocycles. The zero-order chi connectivity index (χ0) is 14.4. The Morgan fingerprint density at radius 3 is 2.90 bits per heavy atom. The Kier molecular flexibility index (Phi) is 2.92. The maximum absolute atomic E-state index is 11.6. The van der Waals surface area contributed by atoms with E-state index in [2.05, 4.69) is 15.1 Å². The molecular formula is C14H20N4O3. The van der Waals surface area contributed by atoms with Gasteiger partial charge in [-0.05, 0) is 32.2 Å². The molecule has 1 spiro atoms. The molecule has 1 unspecified atom stereocenters. The second kappa shape index (κ2) is 4.69. The summed E-state index contributed by atoms with van der Waals surface area (Å²) in [4.78, 5) is 15.5. The molecule has 3 heterocycles. The zero-order valence-electron chi connectivity index (χ0n) is 12.2. The van der Waals surface area contributed by atoms with Crippen molar-refractivity contribution in [2.45, 2.75) is 43.7 Å². The Balaban J connectivity index is 1.42. The van der Waals surface area contributed by atoms with Crippen LogP contribution in [0.5, 0.6) is 0 Å². The van der Waals surface area contributed by atoms with Gasteiger partial charge in [-0.15, -0.1) is 10.2 Å². The Morgan fingerprint density at radius 1 is 1.33 bits per heavy atom. The quantitative estimate of drug-likeness (QED) is 0.837. The molecule has 2 saturated heterocycles. The van der Waals surface area contributed by atoms with E-state index in [4.69, 9.17) is 9.15 Å². The van der Waals surface area contributed by atoms with Crippen LogP contribution < -0.4 is 0 Å². The van der Waals surface area contributed by atoms with Gasteiger partial charge in [0.15, 0.2) is 0 Å². The number of aromatic nitrogens is 2. The van der Waals surface area contributed by atoms with E-state index in [1.165, 1.54) is 0 Å². The fraction of sp³-hybridized carbons (Fsp3) is 0.786. The van der Waals surface area contributed by atoms with Crippen molar-refractivity contribution < 1.29 is 13.9 Å². The lowest BCUT2D eigenvalue weighted by Gasteiger charge is -2.37. The van der Waals surface area contributed by atoms with Crippen molar-refractivity contribution >= 4 is 6.09 Å². The summed E-state index contributed by atoms with van der Waals surface area (Å²) in [5.74, 6) is 1.94. The van der Waals surface area contributed by atoms with Crippen LogP contribution in [0.15, 0.2) is 4.42 Å². The second-order valence-electron chi connectivity index (χ2n) is 6.53. The SMILES string of the molecule is CN1CC2(CCCN(Cc3nnc(C4CC4)o3)C2)OC1=O. The highest BCUT2D eigenvalue weighted by atomic mass is 16.6. The third-order valence-corrected chi connectivity index (χ3v) is 4.53. The normalized spacial score (nSPS) is 30.1. The van der Waals surface area contributed by atoms with E-state index in [1.54, 1.807) is 11.9 Å². The van der Waals surface area contributed by atoms with Crippen LogP contribution in [-0.4, -0.2) is 58.4 Å². The predicted molar refractivity (Wildman–Crippen MR) is 72.6 cm³/mol. The topological polar surface area (TPSA) is 71.7 Å². The summed E-state index contributed by atoms with van der Waals surface area (Å²) in [5, 5.41) is 8.26. The minimum absolute atomic E-state index is 0.217. The molecule has 21 heavy (non-hydrogen) atoms. The highest BCUT2D eigenvalue weighted by Crippen LogP contribution is 2.39. The summed E-state index contributed by atoms with van der Waals surface area (Å²) in [6, 6.07) is 0. The van der Waals surface area contributed by atoms with Crippen molar-refractivity contribution in [1.29, 1.82) is 0 Å². The third-order valence-electron chi connectivity index (χ3n) is 4.53. The Bertz CT molecular complexity index is 556. The highest BCUT2D eigenvalue weighted by Gasteiger charge is 2.46. The lowest BCUT2D eigenvalue weighted by molar-refractivity contribution is -0.0135. The molecule has 0 bridgehead atoms. The van der Waals surface area contributed by atoms with Gasteiger partial charge in [0.2, 0.25) is 11.8 Å². The number of carbonyl (C=O) groups is 1. The van der Waals surface area contributed by atoms with Crippen LogP contribution in [0.2, 0.25) is 0 Å². The van der Waals surface area contributed by atoms with Crippen LogP contribution in [0.3, 0.4) is 0 Å². The number of amides is 1. The number of hydrogen-bond acceptors (Lipinski definition) is 6. The summed E-state index contributed by atoms with van der Waals surface area (Å²) in [5.41, 5.74) is -0.358. The first-order valence-corrected chi connectivity index (χ1v) is 7.62. The van der Waals surface area contributed by atoms with Crippen LogP contribution >= 0.6 is 0 Å². The van der Waals surface area contributed by atoms with Gasteiger partial charge >= 0.3 is 6.09 Å². The van der Waals surface area contributed by atoms with E-state index in [-0.39, 0.29) is 11.7 Å². The lowest BCUT2D eigenvalue weighted by Crippen LogP contribution is -2.50. The van der Waals surface area contributed by atoms with Gasteiger partial charge in [-0.3, -0.25) is 4.90 Å². The minimum atomic E-state index is -0.358. The summed E-state index contributed by atoms with van der Waals surface area (Å²) in [7, 11) is 1.79. The molecule has 0 N–H and O–H groups in total. The number of piperidine rings is 1. The smallest absolute Gasteiger partial charge is 0.410 e. The number of likely N-dealkylation sites (N-methyl/N-ethyl adjacent to an activating group) is 1. The van der Waals surface area contributed by atoms with Gasteiger partial charge in [-0.2, -0.15) is 0 Å². The predicted octanol–water partition coefficient (Wildman–Crippen LogP) is 1.36. The number of carbonyl (C=O) groups excluding carboxylic acids is 1. The number of likely N-dealkylation sites (tertiary alicyclic amines) is 1. The third kappa shape index (κ3) is 2.50.